The van der Waals surface area contributed by atoms with E-state index in [2.05, 4.69) is 17.4 Å². The van der Waals surface area contributed by atoms with Gasteiger partial charge in [0.15, 0.2) is 0 Å². The molecular formula is C18H18N2O3. The van der Waals surface area contributed by atoms with Crippen molar-refractivity contribution in [3.63, 3.8) is 0 Å². The molecule has 1 N–H and O–H groups in total. The van der Waals surface area contributed by atoms with Crippen molar-refractivity contribution in [1.82, 2.24) is 5.32 Å². The summed E-state index contributed by atoms with van der Waals surface area (Å²) >= 11 is 0. The standard InChI is InChI=1S/C18H18N2O3/c1-12-11-14(9-10-17(12)20(22)23)18(21)19-16-8-4-6-13-5-2-3-7-15(13)16/h2-3,5,7,9-11,16H,4,6,8H2,1H3,(H,19,21)/t16-/m0/s1. The molecule has 118 valence electrons. The zero-order chi connectivity index (χ0) is 16.4. The third-order valence-corrected chi connectivity index (χ3v) is 4.33. The van der Waals surface area contributed by atoms with Gasteiger partial charge < -0.3 is 5.32 Å². The average molecular weight is 310 g/mol. The summed E-state index contributed by atoms with van der Waals surface area (Å²) < 4.78 is 0. The lowest BCUT2D eigenvalue weighted by molar-refractivity contribution is -0.385. The second-order valence-electron chi connectivity index (χ2n) is 5.88. The summed E-state index contributed by atoms with van der Waals surface area (Å²) in [5.74, 6) is -0.190. The number of rotatable bonds is 3. The van der Waals surface area contributed by atoms with Crippen LogP contribution in [-0.2, 0) is 6.42 Å². The monoisotopic (exact) mass is 310 g/mol. The number of benzene rings is 2. The molecule has 5 nitrogen and oxygen atoms in total. The molecule has 5 heteroatoms. The molecule has 0 aromatic heterocycles. The van der Waals surface area contributed by atoms with Crippen molar-refractivity contribution in [3.8, 4) is 0 Å². The van der Waals surface area contributed by atoms with Crippen LogP contribution in [0.5, 0.6) is 0 Å². The fraction of sp³-hybridized carbons (Fsp3) is 0.278. The highest BCUT2D eigenvalue weighted by Gasteiger charge is 2.22. The Hall–Kier alpha value is -2.69. The first-order valence-corrected chi connectivity index (χ1v) is 7.70. The summed E-state index contributed by atoms with van der Waals surface area (Å²) in [7, 11) is 0. The van der Waals surface area contributed by atoms with Gasteiger partial charge in [0.2, 0.25) is 0 Å². The van der Waals surface area contributed by atoms with Crippen LogP contribution >= 0.6 is 0 Å². The Morgan fingerprint density at radius 3 is 2.78 bits per heavy atom. The normalized spacial score (nSPS) is 16.5. The van der Waals surface area contributed by atoms with Gasteiger partial charge in [0.1, 0.15) is 0 Å². The first kappa shape index (κ1) is 15.2. The minimum atomic E-state index is -0.436. The number of carbonyl (C=O) groups excluding carboxylic acids is 1. The van der Waals surface area contributed by atoms with Crippen molar-refractivity contribution >= 4 is 11.6 Å². The van der Waals surface area contributed by atoms with E-state index in [-0.39, 0.29) is 17.6 Å². The van der Waals surface area contributed by atoms with Crippen molar-refractivity contribution < 1.29 is 9.72 Å². The second kappa shape index (κ2) is 6.20. The Morgan fingerprint density at radius 1 is 1.26 bits per heavy atom. The molecule has 23 heavy (non-hydrogen) atoms. The van der Waals surface area contributed by atoms with Crippen LogP contribution in [0.25, 0.3) is 0 Å². The lowest BCUT2D eigenvalue weighted by atomic mass is 9.87. The summed E-state index contributed by atoms with van der Waals surface area (Å²) in [6.07, 6.45) is 3.00. The van der Waals surface area contributed by atoms with Crippen molar-refractivity contribution in [2.24, 2.45) is 0 Å². The lowest BCUT2D eigenvalue weighted by Gasteiger charge is -2.26. The molecule has 2 aromatic carbocycles. The van der Waals surface area contributed by atoms with Gasteiger partial charge in [0.25, 0.3) is 11.6 Å². The van der Waals surface area contributed by atoms with Gasteiger partial charge in [-0.3, -0.25) is 14.9 Å². The molecule has 3 rings (SSSR count). The van der Waals surface area contributed by atoms with Gasteiger partial charge in [0, 0.05) is 17.2 Å². The first-order chi connectivity index (χ1) is 11.1. The lowest BCUT2D eigenvalue weighted by Crippen LogP contribution is -2.31. The van der Waals surface area contributed by atoms with E-state index in [1.54, 1.807) is 13.0 Å². The molecule has 0 radical (unpaired) electrons. The molecule has 2 aromatic rings. The predicted molar refractivity (Wildman–Crippen MR) is 87.4 cm³/mol. The fourth-order valence-corrected chi connectivity index (χ4v) is 3.15. The Kier molecular flexibility index (Phi) is 4.10. The maximum Gasteiger partial charge on any atom is 0.272 e. The first-order valence-electron chi connectivity index (χ1n) is 7.70. The number of hydrogen-bond donors (Lipinski definition) is 1. The smallest absolute Gasteiger partial charge is 0.272 e. The molecule has 0 unspecified atom stereocenters. The molecular weight excluding hydrogens is 292 g/mol. The number of hydrogen-bond acceptors (Lipinski definition) is 3. The maximum atomic E-state index is 12.5. The summed E-state index contributed by atoms with van der Waals surface area (Å²) in [4.78, 5) is 22.9. The largest absolute Gasteiger partial charge is 0.345 e. The van der Waals surface area contributed by atoms with E-state index in [1.807, 2.05) is 12.1 Å². The van der Waals surface area contributed by atoms with Crippen LogP contribution in [0.3, 0.4) is 0 Å². The number of nitrogens with zero attached hydrogens (tertiary/aromatic N) is 1. The molecule has 0 saturated heterocycles. The summed E-state index contributed by atoms with van der Waals surface area (Å²) in [5.41, 5.74) is 3.43. The molecule has 1 aliphatic rings. The summed E-state index contributed by atoms with van der Waals surface area (Å²) in [6.45, 7) is 1.64. The molecule has 1 aliphatic carbocycles. The minimum absolute atomic E-state index is 0.00273. The van der Waals surface area contributed by atoms with E-state index in [0.717, 1.165) is 19.3 Å². The van der Waals surface area contributed by atoms with Gasteiger partial charge in [-0.05, 0) is 49.4 Å². The molecule has 0 fully saturated rings. The summed E-state index contributed by atoms with van der Waals surface area (Å²) in [5, 5.41) is 13.9. The number of fused-ring (bicyclic) bond motifs is 1. The quantitative estimate of drug-likeness (QED) is 0.694. The number of nitrogens with one attached hydrogen (secondary N) is 1. The fourth-order valence-electron chi connectivity index (χ4n) is 3.15. The molecule has 0 bridgehead atoms. The van der Waals surface area contributed by atoms with Gasteiger partial charge in [-0.25, -0.2) is 0 Å². The molecule has 1 amide bonds. The maximum absolute atomic E-state index is 12.5. The molecule has 0 saturated carbocycles. The zero-order valence-corrected chi connectivity index (χ0v) is 12.9. The van der Waals surface area contributed by atoms with Crippen LogP contribution in [0.4, 0.5) is 5.69 Å². The number of nitro groups is 1. The van der Waals surface area contributed by atoms with E-state index in [0.29, 0.717) is 11.1 Å². The van der Waals surface area contributed by atoms with Crippen molar-refractivity contribution in [1.29, 1.82) is 0 Å². The Morgan fingerprint density at radius 2 is 2.04 bits per heavy atom. The number of amides is 1. The van der Waals surface area contributed by atoms with Crippen LogP contribution in [0.15, 0.2) is 42.5 Å². The van der Waals surface area contributed by atoms with E-state index >= 15 is 0 Å². The minimum Gasteiger partial charge on any atom is -0.345 e. The van der Waals surface area contributed by atoms with Crippen molar-refractivity contribution in [2.75, 3.05) is 0 Å². The highest BCUT2D eigenvalue weighted by Crippen LogP contribution is 2.29. The van der Waals surface area contributed by atoms with Gasteiger partial charge in [-0.2, -0.15) is 0 Å². The molecule has 0 heterocycles. The zero-order valence-electron chi connectivity index (χ0n) is 12.9. The third kappa shape index (κ3) is 3.08. The number of aryl methyl sites for hydroxylation is 2. The Balaban J connectivity index is 1.80. The van der Waals surface area contributed by atoms with Crippen LogP contribution in [-0.4, -0.2) is 10.8 Å². The van der Waals surface area contributed by atoms with Gasteiger partial charge in [-0.1, -0.05) is 24.3 Å². The van der Waals surface area contributed by atoms with E-state index in [1.165, 1.54) is 23.3 Å². The van der Waals surface area contributed by atoms with Crippen LogP contribution in [0, 0.1) is 17.0 Å². The highest BCUT2D eigenvalue weighted by molar-refractivity contribution is 5.95. The average Bonchev–Trinajstić information content (AvgIpc) is 2.54. The van der Waals surface area contributed by atoms with Gasteiger partial charge >= 0.3 is 0 Å². The van der Waals surface area contributed by atoms with Crippen molar-refractivity contribution in [2.45, 2.75) is 32.2 Å². The Bertz CT molecular complexity index is 771. The summed E-state index contributed by atoms with van der Waals surface area (Å²) in [6, 6.07) is 12.6. The SMILES string of the molecule is Cc1cc(C(=O)N[C@H]2CCCc3ccccc32)ccc1[N+](=O)[O-]. The van der Waals surface area contributed by atoms with Crippen LogP contribution < -0.4 is 5.32 Å². The number of carbonyl (C=O) groups is 1. The van der Waals surface area contributed by atoms with E-state index in [4.69, 9.17) is 0 Å². The Labute approximate surface area is 134 Å². The molecule has 1 atom stereocenters. The van der Waals surface area contributed by atoms with Gasteiger partial charge in [-0.15, -0.1) is 0 Å². The van der Waals surface area contributed by atoms with E-state index < -0.39 is 4.92 Å². The van der Waals surface area contributed by atoms with E-state index in [9.17, 15) is 14.9 Å². The third-order valence-electron chi connectivity index (χ3n) is 4.33. The second-order valence-corrected chi connectivity index (χ2v) is 5.88. The van der Waals surface area contributed by atoms with Gasteiger partial charge in [0.05, 0.1) is 11.0 Å². The highest BCUT2D eigenvalue weighted by atomic mass is 16.6. The molecule has 0 spiro atoms. The predicted octanol–water partition coefficient (Wildman–Crippen LogP) is 3.71. The topological polar surface area (TPSA) is 72.2 Å². The molecule has 0 aliphatic heterocycles. The van der Waals surface area contributed by atoms with Crippen molar-refractivity contribution in [3.05, 3.63) is 74.8 Å². The van der Waals surface area contributed by atoms with Crippen LogP contribution in [0.2, 0.25) is 0 Å². The van der Waals surface area contributed by atoms with Crippen LogP contribution in [0.1, 0.15) is 45.9 Å². The number of nitro benzene ring substituents is 1.